The second-order valence-electron chi connectivity index (χ2n) is 4.45. The number of hydrogen-bond acceptors (Lipinski definition) is 2. The van der Waals surface area contributed by atoms with E-state index in [0.717, 1.165) is 22.9 Å². The van der Waals surface area contributed by atoms with Crippen LogP contribution in [-0.2, 0) is 6.54 Å². The zero-order valence-corrected chi connectivity index (χ0v) is 11.3. The number of rotatable bonds is 4. The van der Waals surface area contributed by atoms with Gasteiger partial charge in [0.2, 0.25) is 0 Å². The van der Waals surface area contributed by atoms with E-state index < -0.39 is 12.7 Å². The van der Waals surface area contributed by atoms with Crippen LogP contribution in [0.3, 0.4) is 0 Å². The van der Waals surface area contributed by atoms with E-state index in [1.807, 2.05) is 0 Å². The summed E-state index contributed by atoms with van der Waals surface area (Å²) in [4.78, 5) is 1.43. The van der Waals surface area contributed by atoms with Gasteiger partial charge in [-0.1, -0.05) is 15.9 Å². The minimum Gasteiger partial charge on any atom is -0.359 e. The van der Waals surface area contributed by atoms with Crippen LogP contribution in [-0.4, -0.2) is 18.8 Å². The predicted molar refractivity (Wildman–Crippen MR) is 68.5 cm³/mol. The van der Waals surface area contributed by atoms with Crippen LogP contribution in [0.4, 0.5) is 18.9 Å². The minimum absolute atomic E-state index is 0.00176. The largest absolute Gasteiger partial charge is 0.405 e. The summed E-state index contributed by atoms with van der Waals surface area (Å²) < 4.78 is 38.7. The van der Waals surface area contributed by atoms with Crippen LogP contribution in [0.15, 0.2) is 22.7 Å². The molecule has 1 aromatic rings. The van der Waals surface area contributed by atoms with E-state index in [1.54, 1.807) is 18.2 Å². The zero-order chi connectivity index (χ0) is 13.3. The lowest BCUT2D eigenvalue weighted by Gasteiger charge is -2.28. The molecule has 1 aliphatic carbocycles. The number of anilines is 1. The van der Waals surface area contributed by atoms with Crippen molar-refractivity contribution in [2.45, 2.75) is 31.6 Å². The normalized spacial score (nSPS) is 15.8. The smallest absolute Gasteiger partial charge is 0.359 e. The highest BCUT2D eigenvalue weighted by Gasteiger charge is 2.38. The molecule has 2 N–H and O–H groups in total. The highest BCUT2D eigenvalue weighted by molar-refractivity contribution is 9.10. The number of nitrogens with zero attached hydrogens (tertiary/aromatic N) is 1. The van der Waals surface area contributed by atoms with Gasteiger partial charge in [0.15, 0.2) is 0 Å². The average Bonchev–Trinajstić information content (AvgIpc) is 3.08. The Morgan fingerprint density at radius 2 is 2.00 bits per heavy atom. The fraction of sp³-hybridized carbons (Fsp3) is 0.500. The average molecular weight is 323 g/mol. The fourth-order valence-corrected chi connectivity index (χ4v) is 2.40. The number of alkyl halides is 3. The first kappa shape index (κ1) is 13.7. The highest BCUT2D eigenvalue weighted by atomic mass is 79.9. The van der Waals surface area contributed by atoms with Crippen LogP contribution < -0.4 is 10.6 Å². The van der Waals surface area contributed by atoms with Crippen molar-refractivity contribution in [1.82, 2.24) is 0 Å². The first-order valence-electron chi connectivity index (χ1n) is 5.72. The lowest BCUT2D eigenvalue weighted by Crippen LogP contribution is -2.36. The van der Waals surface area contributed by atoms with E-state index in [4.69, 9.17) is 5.73 Å². The molecule has 0 radical (unpaired) electrons. The summed E-state index contributed by atoms with van der Waals surface area (Å²) in [7, 11) is 0. The van der Waals surface area contributed by atoms with Crippen molar-refractivity contribution in [3.63, 3.8) is 0 Å². The summed E-state index contributed by atoms with van der Waals surface area (Å²) in [5.41, 5.74) is 6.95. The molecule has 100 valence electrons. The number of nitrogens with two attached hydrogens (primary N) is 1. The van der Waals surface area contributed by atoms with Crippen LogP contribution in [0.25, 0.3) is 0 Å². The van der Waals surface area contributed by atoms with Gasteiger partial charge in [-0.05, 0) is 36.6 Å². The second kappa shape index (κ2) is 5.09. The van der Waals surface area contributed by atoms with Crippen molar-refractivity contribution in [2.75, 3.05) is 11.4 Å². The van der Waals surface area contributed by atoms with Crippen LogP contribution in [0.2, 0.25) is 0 Å². The van der Waals surface area contributed by atoms with Gasteiger partial charge in [0.1, 0.15) is 6.54 Å². The van der Waals surface area contributed by atoms with E-state index in [-0.39, 0.29) is 12.6 Å². The molecule has 0 heterocycles. The van der Waals surface area contributed by atoms with E-state index in [1.165, 1.54) is 4.90 Å². The molecular formula is C12H14BrF3N2. The molecule has 0 bridgehead atoms. The Balaban J connectivity index is 2.30. The lowest BCUT2D eigenvalue weighted by atomic mass is 10.1. The topological polar surface area (TPSA) is 29.3 Å². The van der Waals surface area contributed by atoms with Gasteiger partial charge in [0.05, 0.1) is 0 Å². The molecule has 0 amide bonds. The molecular weight excluding hydrogens is 309 g/mol. The number of halogens is 4. The van der Waals surface area contributed by atoms with Gasteiger partial charge in [-0.25, -0.2) is 0 Å². The number of hydrogen-bond donors (Lipinski definition) is 1. The van der Waals surface area contributed by atoms with Crippen molar-refractivity contribution < 1.29 is 13.2 Å². The maximum absolute atomic E-state index is 12.6. The highest BCUT2D eigenvalue weighted by Crippen LogP contribution is 2.36. The molecule has 6 heteroatoms. The third kappa shape index (κ3) is 3.38. The van der Waals surface area contributed by atoms with Crippen molar-refractivity contribution >= 4 is 21.6 Å². The van der Waals surface area contributed by atoms with Crippen molar-refractivity contribution in [2.24, 2.45) is 5.73 Å². The monoisotopic (exact) mass is 322 g/mol. The van der Waals surface area contributed by atoms with Gasteiger partial charge in [0, 0.05) is 22.7 Å². The van der Waals surface area contributed by atoms with E-state index >= 15 is 0 Å². The maximum atomic E-state index is 12.6. The molecule has 0 saturated heterocycles. The Kier molecular flexibility index (Phi) is 3.87. The summed E-state index contributed by atoms with van der Waals surface area (Å²) in [6.45, 7) is -0.678. The van der Waals surface area contributed by atoms with E-state index in [0.29, 0.717) is 5.69 Å². The van der Waals surface area contributed by atoms with Gasteiger partial charge < -0.3 is 10.6 Å². The van der Waals surface area contributed by atoms with Crippen LogP contribution in [0.1, 0.15) is 18.4 Å². The molecule has 0 spiro atoms. The Hall–Kier alpha value is -0.750. The Labute approximate surface area is 112 Å². The Bertz CT molecular complexity index is 430. The summed E-state index contributed by atoms with van der Waals surface area (Å²) in [6, 6.07) is 5.23. The van der Waals surface area contributed by atoms with Gasteiger partial charge in [-0.2, -0.15) is 13.2 Å². The fourth-order valence-electron chi connectivity index (χ4n) is 1.99. The van der Waals surface area contributed by atoms with E-state index in [2.05, 4.69) is 15.9 Å². The number of benzene rings is 1. The summed E-state index contributed by atoms with van der Waals surface area (Å²) in [5, 5.41) is 0. The van der Waals surface area contributed by atoms with Crippen molar-refractivity contribution in [3.05, 3.63) is 28.2 Å². The molecule has 1 fully saturated rings. The summed E-state index contributed by atoms with van der Waals surface area (Å²) in [5.74, 6) is 0. The van der Waals surface area contributed by atoms with E-state index in [9.17, 15) is 13.2 Å². The van der Waals surface area contributed by atoms with Gasteiger partial charge in [0.25, 0.3) is 0 Å². The van der Waals surface area contributed by atoms with Crippen LogP contribution in [0.5, 0.6) is 0 Å². The quantitative estimate of drug-likeness (QED) is 0.920. The Morgan fingerprint density at radius 1 is 1.33 bits per heavy atom. The first-order chi connectivity index (χ1) is 8.40. The predicted octanol–water partition coefficient (Wildman–Crippen LogP) is 3.44. The van der Waals surface area contributed by atoms with Gasteiger partial charge in [-0.15, -0.1) is 0 Å². The molecule has 0 aromatic heterocycles. The minimum atomic E-state index is -4.19. The molecule has 0 atom stereocenters. The zero-order valence-electron chi connectivity index (χ0n) is 9.67. The molecule has 18 heavy (non-hydrogen) atoms. The van der Waals surface area contributed by atoms with Crippen LogP contribution in [0, 0.1) is 0 Å². The molecule has 1 aromatic carbocycles. The molecule has 2 rings (SSSR count). The lowest BCUT2D eigenvalue weighted by molar-refractivity contribution is -0.120. The summed E-state index contributed by atoms with van der Waals surface area (Å²) >= 11 is 3.30. The van der Waals surface area contributed by atoms with Gasteiger partial charge >= 0.3 is 6.18 Å². The first-order valence-corrected chi connectivity index (χ1v) is 6.52. The SMILES string of the molecule is NCc1cc(Br)ccc1N(CC(F)(F)F)C1CC1. The molecule has 1 saturated carbocycles. The van der Waals surface area contributed by atoms with Crippen molar-refractivity contribution in [3.8, 4) is 0 Å². The van der Waals surface area contributed by atoms with Crippen molar-refractivity contribution in [1.29, 1.82) is 0 Å². The third-order valence-electron chi connectivity index (χ3n) is 2.91. The second-order valence-corrected chi connectivity index (χ2v) is 5.37. The van der Waals surface area contributed by atoms with Crippen LogP contribution >= 0.6 is 15.9 Å². The maximum Gasteiger partial charge on any atom is 0.405 e. The third-order valence-corrected chi connectivity index (χ3v) is 3.40. The molecule has 0 unspecified atom stereocenters. The molecule has 0 aliphatic heterocycles. The summed E-state index contributed by atoms with van der Waals surface area (Å²) in [6.07, 6.45) is -2.56. The molecule has 1 aliphatic rings. The van der Waals surface area contributed by atoms with Gasteiger partial charge in [-0.3, -0.25) is 0 Å². The Morgan fingerprint density at radius 3 is 2.50 bits per heavy atom. The molecule has 2 nitrogen and oxygen atoms in total. The standard InChI is InChI=1S/C12H14BrF3N2/c13-9-1-4-11(8(5-9)6-17)18(10-2-3-10)7-12(14,15)16/h1,4-5,10H,2-3,6-7,17H2.